The van der Waals surface area contributed by atoms with Gasteiger partial charge in [0.2, 0.25) is 10.0 Å². The fourth-order valence-corrected chi connectivity index (χ4v) is 4.23. The van der Waals surface area contributed by atoms with Gasteiger partial charge < -0.3 is 10.1 Å². The lowest BCUT2D eigenvalue weighted by Crippen LogP contribution is -2.42. The van der Waals surface area contributed by atoms with Gasteiger partial charge in [-0.25, -0.2) is 12.7 Å². The van der Waals surface area contributed by atoms with Crippen LogP contribution in [0.3, 0.4) is 0 Å². The van der Waals surface area contributed by atoms with Gasteiger partial charge in [-0.2, -0.15) is 0 Å². The quantitative estimate of drug-likeness (QED) is 0.766. The summed E-state index contributed by atoms with van der Waals surface area (Å²) < 4.78 is 31.4. The van der Waals surface area contributed by atoms with Crippen LogP contribution in [0.5, 0.6) is 5.75 Å². The minimum atomic E-state index is -3.14. The lowest BCUT2D eigenvalue weighted by atomic mass is 10.1. The van der Waals surface area contributed by atoms with Gasteiger partial charge in [-0.3, -0.25) is 9.78 Å². The van der Waals surface area contributed by atoms with Crippen LogP contribution in [0.15, 0.2) is 48.8 Å². The highest BCUT2D eigenvalue weighted by Crippen LogP contribution is 2.21. The standard InChI is InChI=1S/C20H25N3O4S/c1-2-28(25,26)23-11-8-18(9-12-23)27-19-7-3-6-17(13-19)20(24)22-15-16-5-4-10-21-14-16/h3-7,10,13-14,18H,2,8-9,11-12,15H2,1H3,(H,22,24). The van der Waals surface area contributed by atoms with E-state index < -0.39 is 10.0 Å². The SMILES string of the molecule is CCS(=O)(=O)N1CCC(Oc2cccc(C(=O)NCc3cccnc3)c2)CC1. The smallest absolute Gasteiger partial charge is 0.251 e. The van der Waals surface area contributed by atoms with Crippen molar-refractivity contribution in [3.05, 3.63) is 59.9 Å². The van der Waals surface area contributed by atoms with E-state index in [-0.39, 0.29) is 17.8 Å². The number of piperidine rings is 1. The molecule has 1 aromatic heterocycles. The van der Waals surface area contributed by atoms with Crippen LogP contribution in [0.2, 0.25) is 0 Å². The van der Waals surface area contributed by atoms with Gasteiger partial charge in [0.15, 0.2) is 0 Å². The van der Waals surface area contributed by atoms with Gasteiger partial charge in [0, 0.05) is 37.6 Å². The van der Waals surface area contributed by atoms with Gasteiger partial charge in [0.25, 0.3) is 5.91 Å². The molecule has 1 aliphatic heterocycles. The largest absolute Gasteiger partial charge is 0.490 e. The van der Waals surface area contributed by atoms with E-state index in [2.05, 4.69) is 10.3 Å². The summed E-state index contributed by atoms with van der Waals surface area (Å²) in [5, 5.41) is 2.87. The Morgan fingerprint density at radius 1 is 1.25 bits per heavy atom. The molecule has 150 valence electrons. The number of hydrogen-bond donors (Lipinski definition) is 1. The molecule has 2 heterocycles. The topological polar surface area (TPSA) is 88.6 Å². The van der Waals surface area contributed by atoms with Crippen LogP contribution in [0, 0.1) is 0 Å². The summed E-state index contributed by atoms with van der Waals surface area (Å²) in [7, 11) is -3.14. The first-order valence-corrected chi connectivity index (χ1v) is 11.0. The van der Waals surface area contributed by atoms with E-state index in [0.717, 1.165) is 5.56 Å². The molecular formula is C20H25N3O4S. The fraction of sp³-hybridized carbons (Fsp3) is 0.400. The number of carbonyl (C=O) groups excluding carboxylic acids is 1. The zero-order valence-corrected chi connectivity index (χ0v) is 16.7. The summed E-state index contributed by atoms with van der Waals surface area (Å²) in [6.45, 7) is 2.99. The summed E-state index contributed by atoms with van der Waals surface area (Å²) in [4.78, 5) is 16.4. The number of rotatable bonds is 7. The number of ether oxygens (including phenoxy) is 1. The molecule has 1 saturated heterocycles. The molecule has 0 atom stereocenters. The van der Waals surface area contributed by atoms with Gasteiger partial charge >= 0.3 is 0 Å². The van der Waals surface area contributed by atoms with Gasteiger partial charge in [-0.15, -0.1) is 0 Å². The second kappa shape index (κ2) is 9.16. The highest BCUT2D eigenvalue weighted by molar-refractivity contribution is 7.89. The molecule has 0 unspecified atom stereocenters. The van der Waals surface area contributed by atoms with Crippen LogP contribution < -0.4 is 10.1 Å². The molecule has 1 aliphatic rings. The first kappa shape index (κ1) is 20.3. The van der Waals surface area contributed by atoms with E-state index in [4.69, 9.17) is 4.74 Å². The molecule has 0 spiro atoms. The van der Waals surface area contributed by atoms with E-state index in [1.54, 1.807) is 37.5 Å². The number of nitrogens with one attached hydrogen (secondary N) is 1. The average Bonchev–Trinajstić information content (AvgIpc) is 2.73. The van der Waals surface area contributed by atoms with E-state index in [0.29, 0.717) is 43.8 Å². The number of pyridine rings is 1. The molecule has 0 saturated carbocycles. The van der Waals surface area contributed by atoms with Gasteiger partial charge in [-0.1, -0.05) is 12.1 Å². The predicted molar refractivity (Wildman–Crippen MR) is 107 cm³/mol. The van der Waals surface area contributed by atoms with Crippen molar-refractivity contribution in [1.29, 1.82) is 0 Å². The van der Waals surface area contributed by atoms with Crippen molar-refractivity contribution >= 4 is 15.9 Å². The Labute approximate surface area is 165 Å². The normalized spacial score (nSPS) is 15.9. The van der Waals surface area contributed by atoms with Crippen LogP contribution in [-0.4, -0.2) is 48.6 Å². The second-order valence-electron chi connectivity index (χ2n) is 6.69. The van der Waals surface area contributed by atoms with Crippen LogP contribution in [-0.2, 0) is 16.6 Å². The summed E-state index contributed by atoms with van der Waals surface area (Å²) in [6.07, 6.45) is 4.61. The van der Waals surface area contributed by atoms with Crippen molar-refractivity contribution in [1.82, 2.24) is 14.6 Å². The van der Waals surface area contributed by atoms with Crippen molar-refractivity contribution in [3.8, 4) is 5.75 Å². The highest BCUT2D eigenvalue weighted by Gasteiger charge is 2.27. The lowest BCUT2D eigenvalue weighted by Gasteiger charge is -2.31. The number of benzene rings is 1. The molecule has 1 N–H and O–H groups in total. The number of sulfonamides is 1. The maximum atomic E-state index is 12.4. The molecule has 0 radical (unpaired) electrons. The van der Waals surface area contributed by atoms with Gasteiger partial charge in [0.05, 0.1) is 5.75 Å². The Morgan fingerprint density at radius 3 is 2.71 bits per heavy atom. The number of nitrogens with zero attached hydrogens (tertiary/aromatic N) is 2. The summed E-state index contributed by atoms with van der Waals surface area (Å²) in [5.41, 5.74) is 1.45. The Morgan fingerprint density at radius 2 is 2.04 bits per heavy atom. The molecule has 1 aromatic carbocycles. The fourth-order valence-electron chi connectivity index (χ4n) is 3.10. The molecule has 2 aromatic rings. The third-order valence-corrected chi connectivity index (χ3v) is 6.62. The Bertz CT molecular complexity index is 895. The maximum Gasteiger partial charge on any atom is 0.251 e. The van der Waals surface area contributed by atoms with Crippen LogP contribution in [0.25, 0.3) is 0 Å². The summed E-state index contributed by atoms with van der Waals surface area (Å²) >= 11 is 0. The van der Waals surface area contributed by atoms with E-state index in [1.807, 2.05) is 18.2 Å². The molecule has 8 heteroatoms. The molecule has 3 rings (SSSR count). The number of hydrogen-bond acceptors (Lipinski definition) is 5. The maximum absolute atomic E-state index is 12.4. The molecule has 1 fully saturated rings. The van der Waals surface area contributed by atoms with Crippen LogP contribution in [0.4, 0.5) is 0 Å². The Hall–Kier alpha value is -2.45. The van der Waals surface area contributed by atoms with Crippen molar-refractivity contribution in [2.45, 2.75) is 32.4 Å². The molecular weight excluding hydrogens is 378 g/mol. The molecule has 0 bridgehead atoms. The zero-order chi connectivity index (χ0) is 20.0. The van der Waals surface area contributed by atoms with Crippen LogP contribution >= 0.6 is 0 Å². The zero-order valence-electron chi connectivity index (χ0n) is 15.9. The number of aromatic nitrogens is 1. The third kappa shape index (κ3) is 5.30. The lowest BCUT2D eigenvalue weighted by molar-refractivity contribution is 0.0948. The van der Waals surface area contributed by atoms with Crippen molar-refractivity contribution in [2.24, 2.45) is 0 Å². The molecule has 1 amide bonds. The predicted octanol–water partition coefficient (Wildman–Crippen LogP) is 2.20. The summed E-state index contributed by atoms with van der Waals surface area (Å²) in [5.74, 6) is 0.554. The molecule has 28 heavy (non-hydrogen) atoms. The van der Waals surface area contributed by atoms with Crippen molar-refractivity contribution < 1.29 is 17.9 Å². The van der Waals surface area contributed by atoms with E-state index >= 15 is 0 Å². The first-order valence-electron chi connectivity index (χ1n) is 9.39. The van der Waals surface area contributed by atoms with E-state index in [1.165, 1.54) is 4.31 Å². The Kier molecular flexibility index (Phi) is 6.64. The molecule has 7 nitrogen and oxygen atoms in total. The second-order valence-corrected chi connectivity index (χ2v) is 8.95. The number of carbonyl (C=O) groups is 1. The highest BCUT2D eigenvalue weighted by atomic mass is 32.2. The number of amides is 1. The Balaban J connectivity index is 1.54. The minimum Gasteiger partial charge on any atom is -0.490 e. The van der Waals surface area contributed by atoms with E-state index in [9.17, 15) is 13.2 Å². The first-order chi connectivity index (χ1) is 13.5. The average molecular weight is 404 g/mol. The van der Waals surface area contributed by atoms with Gasteiger partial charge in [0.1, 0.15) is 11.9 Å². The van der Waals surface area contributed by atoms with Gasteiger partial charge in [-0.05, 0) is 49.6 Å². The monoisotopic (exact) mass is 403 g/mol. The summed E-state index contributed by atoms with van der Waals surface area (Å²) in [6, 6.07) is 10.8. The van der Waals surface area contributed by atoms with Crippen LogP contribution in [0.1, 0.15) is 35.7 Å². The van der Waals surface area contributed by atoms with Crippen molar-refractivity contribution in [3.63, 3.8) is 0 Å². The van der Waals surface area contributed by atoms with Crippen molar-refractivity contribution in [2.75, 3.05) is 18.8 Å². The third-order valence-electron chi connectivity index (χ3n) is 4.73. The molecule has 0 aliphatic carbocycles. The minimum absolute atomic E-state index is 0.0583.